The Morgan fingerprint density at radius 1 is 1.06 bits per heavy atom. The van der Waals surface area contributed by atoms with Crippen LogP contribution in [0.4, 0.5) is 5.69 Å². The molecule has 0 radical (unpaired) electrons. The van der Waals surface area contributed by atoms with Gasteiger partial charge in [0, 0.05) is 12.8 Å². The number of nitrogens with one attached hydrogen (secondary N) is 1. The van der Waals surface area contributed by atoms with E-state index in [1.807, 2.05) is 35.3 Å². The zero-order chi connectivity index (χ0) is 25.1. The molecule has 2 atom stereocenters. The van der Waals surface area contributed by atoms with Crippen LogP contribution in [0.25, 0.3) is 0 Å². The van der Waals surface area contributed by atoms with Gasteiger partial charge < -0.3 is 10.1 Å². The molecular formula is C28H26N4O3S. The zero-order valence-corrected chi connectivity index (χ0v) is 20.9. The molecule has 0 saturated carbocycles. The highest BCUT2D eigenvalue weighted by Crippen LogP contribution is 2.38. The number of para-hydroxylation sites is 2. The van der Waals surface area contributed by atoms with Crippen molar-refractivity contribution in [2.45, 2.75) is 31.1 Å². The number of amides is 2. The number of amidine groups is 1. The second-order valence-electron chi connectivity index (χ2n) is 8.68. The summed E-state index contributed by atoms with van der Waals surface area (Å²) in [7, 11) is 1.55. The first kappa shape index (κ1) is 23.8. The van der Waals surface area contributed by atoms with Crippen molar-refractivity contribution in [3.05, 3.63) is 95.6 Å². The van der Waals surface area contributed by atoms with Gasteiger partial charge in [-0.2, -0.15) is 10.1 Å². The third-order valence-corrected chi connectivity index (χ3v) is 7.30. The van der Waals surface area contributed by atoms with Gasteiger partial charge in [-0.3, -0.25) is 9.59 Å². The number of aryl methyl sites for hydroxylation is 1. The summed E-state index contributed by atoms with van der Waals surface area (Å²) in [4.78, 5) is 29.9. The molecule has 2 amide bonds. The fourth-order valence-corrected chi connectivity index (χ4v) is 5.33. The number of carbonyl (C=O) groups is 2. The summed E-state index contributed by atoms with van der Waals surface area (Å²) in [5, 5.41) is 9.49. The van der Waals surface area contributed by atoms with Crippen LogP contribution in [0.3, 0.4) is 0 Å². The highest BCUT2D eigenvalue weighted by Gasteiger charge is 2.39. The maximum atomic E-state index is 12.8. The Morgan fingerprint density at radius 2 is 1.78 bits per heavy atom. The van der Waals surface area contributed by atoms with Crippen molar-refractivity contribution in [2.24, 2.45) is 10.1 Å². The number of hydrogen-bond donors (Lipinski definition) is 1. The van der Waals surface area contributed by atoms with E-state index in [2.05, 4.69) is 53.6 Å². The van der Waals surface area contributed by atoms with E-state index in [0.717, 1.165) is 16.8 Å². The quantitative estimate of drug-likeness (QED) is 0.506. The zero-order valence-electron chi connectivity index (χ0n) is 20.0. The lowest BCUT2D eigenvalue weighted by Gasteiger charge is -2.23. The van der Waals surface area contributed by atoms with Crippen molar-refractivity contribution in [3.63, 3.8) is 0 Å². The van der Waals surface area contributed by atoms with Crippen LogP contribution in [0.1, 0.15) is 35.6 Å². The van der Waals surface area contributed by atoms with Gasteiger partial charge in [-0.05, 0) is 30.2 Å². The number of thioether (sulfide) groups is 1. The second-order valence-corrected chi connectivity index (χ2v) is 9.85. The fraction of sp³-hybridized carbons (Fsp3) is 0.214. The third-order valence-electron chi connectivity index (χ3n) is 6.16. The van der Waals surface area contributed by atoms with Gasteiger partial charge in [0.1, 0.15) is 11.0 Å². The SMILES string of the molecule is COc1ccccc1NC(=O)C[C@@H]1SC(N2N=C(c3ccc(C)cc3)C[C@@H]2c2ccccc2)=NC1=O. The molecule has 2 aliphatic rings. The Kier molecular flexibility index (Phi) is 6.86. The number of ether oxygens (including phenoxy) is 1. The molecule has 1 N–H and O–H groups in total. The van der Waals surface area contributed by atoms with E-state index in [-0.39, 0.29) is 24.3 Å². The highest BCUT2D eigenvalue weighted by molar-refractivity contribution is 8.15. The molecule has 3 aromatic rings. The molecule has 0 aromatic heterocycles. The van der Waals surface area contributed by atoms with Gasteiger partial charge in [0.25, 0.3) is 5.91 Å². The molecule has 0 saturated heterocycles. The monoisotopic (exact) mass is 498 g/mol. The van der Waals surface area contributed by atoms with E-state index in [1.54, 1.807) is 19.2 Å². The third kappa shape index (κ3) is 5.04. The highest BCUT2D eigenvalue weighted by atomic mass is 32.2. The molecule has 0 bridgehead atoms. The Bertz CT molecular complexity index is 1340. The Hall–Kier alpha value is -3.91. The number of benzene rings is 3. The lowest BCUT2D eigenvalue weighted by Crippen LogP contribution is -2.25. The van der Waals surface area contributed by atoms with E-state index in [4.69, 9.17) is 9.84 Å². The first-order valence-corrected chi connectivity index (χ1v) is 12.6. The normalized spacial score (nSPS) is 19.2. The minimum Gasteiger partial charge on any atom is -0.495 e. The first-order chi connectivity index (χ1) is 17.5. The van der Waals surface area contributed by atoms with Crippen molar-refractivity contribution in [1.29, 1.82) is 0 Å². The van der Waals surface area contributed by atoms with E-state index in [9.17, 15) is 9.59 Å². The molecule has 8 heteroatoms. The summed E-state index contributed by atoms with van der Waals surface area (Å²) < 4.78 is 5.30. The van der Waals surface area contributed by atoms with Crippen molar-refractivity contribution >= 4 is 40.1 Å². The van der Waals surface area contributed by atoms with Crippen LogP contribution < -0.4 is 10.1 Å². The predicted octanol–water partition coefficient (Wildman–Crippen LogP) is 5.18. The molecule has 182 valence electrons. The van der Waals surface area contributed by atoms with Crippen LogP contribution in [-0.2, 0) is 9.59 Å². The number of nitrogens with zero attached hydrogens (tertiary/aromatic N) is 3. The van der Waals surface area contributed by atoms with Crippen LogP contribution in [0.15, 0.2) is 89.0 Å². The van der Waals surface area contributed by atoms with Gasteiger partial charge in [0.15, 0.2) is 5.17 Å². The summed E-state index contributed by atoms with van der Waals surface area (Å²) in [6.07, 6.45) is 0.701. The molecule has 2 aliphatic heterocycles. The topological polar surface area (TPSA) is 83.4 Å². The van der Waals surface area contributed by atoms with E-state index in [1.165, 1.54) is 17.3 Å². The molecular weight excluding hydrogens is 472 g/mol. The van der Waals surface area contributed by atoms with E-state index in [0.29, 0.717) is 23.0 Å². The molecule has 3 aromatic carbocycles. The summed E-state index contributed by atoms with van der Waals surface area (Å²) in [5.74, 6) is -0.0309. The number of aliphatic imine (C=N–C) groups is 1. The number of carbonyl (C=O) groups excluding carboxylic acids is 2. The predicted molar refractivity (Wildman–Crippen MR) is 143 cm³/mol. The summed E-state index contributed by atoms with van der Waals surface area (Å²) in [6.45, 7) is 2.05. The maximum absolute atomic E-state index is 12.8. The summed E-state index contributed by atoms with van der Waals surface area (Å²) >= 11 is 1.29. The van der Waals surface area contributed by atoms with Gasteiger partial charge in [-0.25, -0.2) is 5.01 Å². The number of rotatable bonds is 6. The Balaban J connectivity index is 1.34. The minimum absolute atomic E-state index is 0.00687. The van der Waals surface area contributed by atoms with Crippen LogP contribution >= 0.6 is 11.8 Å². The maximum Gasteiger partial charge on any atom is 0.262 e. The van der Waals surface area contributed by atoms with E-state index < -0.39 is 5.25 Å². The average molecular weight is 499 g/mol. The molecule has 0 fully saturated rings. The van der Waals surface area contributed by atoms with Gasteiger partial charge in [-0.15, -0.1) is 0 Å². The van der Waals surface area contributed by atoms with Crippen molar-refractivity contribution < 1.29 is 14.3 Å². The molecule has 7 nitrogen and oxygen atoms in total. The van der Waals surface area contributed by atoms with Crippen molar-refractivity contribution in [1.82, 2.24) is 5.01 Å². The van der Waals surface area contributed by atoms with Crippen LogP contribution in [0, 0.1) is 6.92 Å². The van der Waals surface area contributed by atoms with Gasteiger partial charge in [0.05, 0.1) is 24.6 Å². The lowest BCUT2D eigenvalue weighted by atomic mass is 9.98. The first-order valence-electron chi connectivity index (χ1n) is 11.7. The number of anilines is 1. The molecule has 2 heterocycles. The number of methoxy groups -OCH3 is 1. The van der Waals surface area contributed by atoms with Crippen LogP contribution in [0.5, 0.6) is 5.75 Å². The lowest BCUT2D eigenvalue weighted by molar-refractivity contribution is -0.121. The Labute approximate surface area is 214 Å². The fourth-order valence-electron chi connectivity index (χ4n) is 4.26. The molecule has 0 spiro atoms. The average Bonchev–Trinajstić information content (AvgIpc) is 3.49. The largest absolute Gasteiger partial charge is 0.495 e. The van der Waals surface area contributed by atoms with Crippen molar-refractivity contribution in [3.8, 4) is 5.75 Å². The standard InChI is InChI=1S/C28H26N4O3S/c1-18-12-14-19(15-13-18)22-16-23(20-8-4-3-5-9-20)32(31-22)28-30-27(34)25(36-28)17-26(33)29-21-10-6-7-11-24(21)35-2/h3-15,23,25H,16-17H2,1-2H3,(H,29,33)/t23-,25+/m1/s1. The smallest absolute Gasteiger partial charge is 0.262 e. The van der Waals surface area contributed by atoms with Crippen LogP contribution in [-0.4, -0.2) is 40.1 Å². The molecule has 36 heavy (non-hydrogen) atoms. The molecule has 0 unspecified atom stereocenters. The molecule has 0 aliphatic carbocycles. The number of hydrazone groups is 1. The Morgan fingerprint density at radius 3 is 2.53 bits per heavy atom. The van der Waals surface area contributed by atoms with Gasteiger partial charge in [-0.1, -0.05) is 84.1 Å². The second kappa shape index (κ2) is 10.4. The van der Waals surface area contributed by atoms with Crippen molar-refractivity contribution in [2.75, 3.05) is 12.4 Å². The number of hydrogen-bond acceptors (Lipinski definition) is 6. The van der Waals surface area contributed by atoms with Gasteiger partial charge in [0.2, 0.25) is 5.91 Å². The van der Waals surface area contributed by atoms with E-state index >= 15 is 0 Å². The summed E-state index contributed by atoms with van der Waals surface area (Å²) in [5.41, 5.74) is 4.84. The van der Waals surface area contributed by atoms with Crippen LogP contribution in [0.2, 0.25) is 0 Å². The van der Waals surface area contributed by atoms with Gasteiger partial charge >= 0.3 is 0 Å². The molecule has 5 rings (SSSR count). The minimum atomic E-state index is -0.607. The summed E-state index contributed by atoms with van der Waals surface area (Å²) in [6, 6.07) is 25.5.